The lowest BCUT2D eigenvalue weighted by molar-refractivity contribution is -0.142. The number of nitrogens with two attached hydrogens (primary N) is 2. The zero-order valence-electron chi connectivity index (χ0n) is 23.2. The molecular weight excluding hydrogens is 494 g/mol. The van der Waals surface area contributed by atoms with Crippen molar-refractivity contribution in [1.82, 2.24) is 26.2 Å². The monoisotopic (exact) mass is 539 g/mol. The molecule has 13 nitrogen and oxygen atoms in total. The molecule has 38 heavy (non-hydrogen) atoms. The number of carbonyl (C=O) groups excluding carboxylic acids is 6. The van der Waals surface area contributed by atoms with Crippen LogP contribution in [0.4, 0.5) is 0 Å². The van der Waals surface area contributed by atoms with E-state index in [1.807, 2.05) is 13.8 Å². The van der Waals surface area contributed by atoms with Crippen LogP contribution in [0.3, 0.4) is 0 Å². The van der Waals surface area contributed by atoms with E-state index in [-0.39, 0.29) is 11.8 Å². The molecule has 0 aromatic carbocycles. The quantitative estimate of drug-likeness (QED) is 0.138. The second-order valence-electron chi connectivity index (χ2n) is 10.3. The molecule has 0 unspecified atom stereocenters. The summed E-state index contributed by atoms with van der Waals surface area (Å²) in [7, 11) is 0. The summed E-state index contributed by atoms with van der Waals surface area (Å²) in [6.07, 6.45) is 2.97. The second-order valence-corrected chi connectivity index (χ2v) is 10.3. The highest BCUT2D eigenvalue weighted by molar-refractivity contribution is 5.96. The van der Waals surface area contributed by atoms with Crippen LogP contribution in [0, 0.1) is 5.92 Å². The Morgan fingerprint density at radius 2 is 1.45 bits per heavy atom. The van der Waals surface area contributed by atoms with Gasteiger partial charge in [0.25, 0.3) is 0 Å². The van der Waals surface area contributed by atoms with E-state index in [4.69, 9.17) is 11.5 Å². The number of amides is 6. The van der Waals surface area contributed by atoms with E-state index in [0.717, 1.165) is 0 Å². The number of nitrogens with zero attached hydrogens (tertiary/aromatic N) is 1. The van der Waals surface area contributed by atoms with E-state index < -0.39 is 59.7 Å². The maximum atomic E-state index is 13.4. The summed E-state index contributed by atoms with van der Waals surface area (Å²) >= 11 is 0. The summed E-state index contributed by atoms with van der Waals surface area (Å²) < 4.78 is 0. The van der Waals surface area contributed by atoms with Gasteiger partial charge < -0.3 is 37.6 Å². The lowest BCUT2D eigenvalue weighted by Gasteiger charge is -2.30. The van der Waals surface area contributed by atoms with E-state index in [1.165, 1.54) is 25.7 Å². The Labute approximate surface area is 224 Å². The molecule has 0 spiro atoms. The van der Waals surface area contributed by atoms with Gasteiger partial charge in [0.05, 0.1) is 0 Å². The van der Waals surface area contributed by atoms with E-state index in [0.29, 0.717) is 51.6 Å². The van der Waals surface area contributed by atoms with E-state index >= 15 is 0 Å². The average molecular weight is 540 g/mol. The van der Waals surface area contributed by atoms with Gasteiger partial charge in [0.1, 0.15) is 30.2 Å². The van der Waals surface area contributed by atoms with Crippen LogP contribution in [-0.2, 0) is 28.8 Å². The number of primary amides is 1. The smallest absolute Gasteiger partial charge is 0.245 e. The molecule has 0 aromatic heterocycles. The van der Waals surface area contributed by atoms with Gasteiger partial charge in [-0.25, -0.2) is 0 Å². The number of carbonyl (C=O) groups is 6. The van der Waals surface area contributed by atoms with Gasteiger partial charge in [0, 0.05) is 13.5 Å². The Balaban J connectivity index is 2.86. The standard InChI is InChI=1S/C25H45N7O6/c1-14(2)13-19(31-22(35)15(3)28-17(5)33)25(38)32-12-8-10-20(32)24(37)29-16(4)23(36)30-18(21(27)34)9-6-7-11-26/h14-16,18-20H,6-13,26H2,1-5H3,(H2,27,34)(H,28,33)(H,29,37)(H,30,36)(H,31,35)/t15-,16-,18-,19-,20-/m0/s1. The van der Waals surface area contributed by atoms with Gasteiger partial charge in [-0.05, 0) is 64.8 Å². The molecule has 0 bridgehead atoms. The Morgan fingerprint density at radius 3 is 1.97 bits per heavy atom. The number of unbranched alkanes of at least 4 members (excludes halogenated alkanes) is 1. The van der Waals surface area contributed by atoms with Gasteiger partial charge >= 0.3 is 0 Å². The normalized spacial score (nSPS) is 18.2. The molecule has 1 aliphatic heterocycles. The Hall–Kier alpha value is -3.22. The van der Waals surface area contributed by atoms with Gasteiger partial charge in [-0.3, -0.25) is 28.8 Å². The predicted molar refractivity (Wildman–Crippen MR) is 141 cm³/mol. The minimum Gasteiger partial charge on any atom is -0.368 e. The summed E-state index contributed by atoms with van der Waals surface area (Å²) in [5.74, 6) is -2.94. The van der Waals surface area contributed by atoms with Crippen molar-refractivity contribution in [1.29, 1.82) is 0 Å². The number of nitrogens with one attached hydrogen (secondary N) is 4. The molecule has 216 valence electrons. The van der Waals surface area contributed by atoms with Crippen LogP contribution in [-0.4, -0.2) is 83.6 Å². The zero-order valence-corrected chi connectivity index (χ0v) is 23.2. The second kappa shape index (κ2) is 15.9. The SMILES string of the molecule is CC(=O)N[C@@H](C)C(=O)N[C@@H](CC(C)C)C(=O)N1CCC[C@H]1C(=O)N[C@@H](C)C(=O)N[C@@H](CCCCN)C(N)=O. The molecule has 1 heterocycles. The molecule has 0 saturated carbocycles. The summed E-state index contributed by atoms with van der Waals surface area (Å²) in [5, 5.41) is 10.4. The third-order valence-corrected chi connectivity index (χ3v) is 6.33. The van der Waals surface area contributed by atoms with Crippen LogP contribution in [0.1, 0.15) is 73.1 Å². The molecule has 8 N–H and O–H groups in total. The van der Waals surface area contributed by atoms with Crippen LogP contribution in [0.5, 0.6) is 0 Å². The first-order valence-electron chi connectivity index (χ1n) is 13.3. The topological polar surface area (TPSA) is 206 Å². The summed E-state index contributed by atoms with van der Waals surface area (Å²) in [6, 6.07) is -4.36. The third kappa shape index (κ3) is 10.6. The van der Waals surface area contributed by atoms with Gasteiger partial charge in [-0.2, -0.15) is 0 Å². The van der Waals surface area contributed by atoms with Crippen LogP contribution in [0.2, 0.25) is 0 Å². The van der Waals surface area contributed by atoms with Crippen molar-refractivity contribution < 1.29 is 28.8 Å². The molecule has 1 saturated heterocycles. The van der Waals surface area contributed by atoms with Gasteiger partial charge in [-0.1, -0.05) is 13.8 Å². The number of hydrogen-bond donors (Lipinski definition) is 6. The Morgan fingerprint density at radius 1 is 0.868 bits per heavy atom. The molecule has 1 rings (SSSR count). The van der Waals surface area contributed by atoms with Crippen molar-refractivity contribution in [3.05, 3.63) is 0 Å². The van der Waals surface area contributed by atoms with Crippen LogP contribution >= 0.6 is 0 Å². The fourth-order valence-corrected chi connectivity index (χ4v) is 4.31. The molecular formula is C25H45N7O6. The molecule has 1 aliphatic rings. The molecule has 0 aliphatic carbocycles. The van der Waals surface area contributed by atoms with Crippen LogP contribution in [0.15, 0.2) is 0 Å². The first kappa shape index (κ1) is 32.8. The first-order valence-corrected chi connectivity index (χ1v) is 13.3. The molecule has 6 amide bonds. The molecule has 0 aromatic rings. The van der Waals surface area contributed by atoms with Gasteiger partial charge in [-0.15, -0.1) is 0 Å². The largest absolute Gasteiger partial charge is 0.368 e. The van der Waals surface area contributed by atoms with E-state index in [9.17, 15) is 28.8 Å². The third-order valence-electron chi connectivity index (χ3n) is 6.33. The number of rotatable bonds is 15. The lowest BCUT2D eigenvalue weighted by Crippen LogP contribution is -2.58. The maximum Gasteiger partial charge on any atom is 0.245 e. The number of likely N-dealkylation sites (tertiary alicyclic amines) is 1. The highest BCUT2D eigenvalue weighted by Gasteiger charge is 2.39. The first-order chi connectivity index (χ1) is 17.8. The minimum absolute atomic E-state index is 0.0713. The zero-order chi connectivity index (χ0) is 29.0. The highest BCUT2D eigenvalue weighted by Crippen LogP contribution is 2.21. The van der Waals surface area contributed by atoms with Crippen molar-refractivity contribution in [2.45, 2.75) is 103 Å². The minimum atomic E-state index is -0.971. The van der Waals surface area contributed by atoms with Gasteiger partial charge in [0.15, 0.2) is 0 Å². The number of hydrogen-bond acceptors (Lipinski definition) is 7. The Kier molecular flexibility index (Phi) is 13.7. The average Bonchev–Trinajstić information content (AvgIpc) is 3.31. The van der Waals surface area contributed by atoms with Crippen molar-refractivity contribution in [2.24, 2.45) is 17.4 Å². The highest BCUT2D eigenvalue weighted by atomic mass is 16.2. The van der Waals surface area contributed by atoms with Crippen molar-refractivity contribution >= 4 is 35.4 Å². The summed E-state index contributed by atoms with van der Waals surface area (Å²) in [5.41, 5.74) is 10.9. The molecule has 13 heteroatoms. The Bertz CT molecular complexity index is 865. The fraction of sp³-hybridized carbons (Fsp3) is 0.760. The van der Waals surface area contributed by atoms with Crippen molar-refractivity contribution in [2.75, 3.05) is 13.1 Å². The fourth-order valence-electron chi connectivity index (χ4n) is 4.31. The predicted octanol–water partition coefficient (Wildman–Crippen LogP) is -1.36. The van der Waals surface area contributed by atoms with E-state index in [2.05, 4.69) is 21.3 Å². The van der Waals surface area contributed by atoms with Gasteiger partial charge in [0.2, 0.25) is 35.4 Å². The van der Waals surface area contributed by atoms with Crippen LogP contribution < -0.4 is 32.7 Å². The molecule has 1 fully saturated rings. The maximum absolute atomic E-state index is 13.4. The summed E-state index contributed by atoms with van der Waals surface area (Å²) in [4.78, 5) is 76.2. The lowest BCUT2D eigenvalue weighted by atomic mass is 10.0. The van der Waals surface area contributed by atoms with E-state index in [1.54, 1.807) is 0 Å². The molecule has 5 atom stereocenters. The van der Waals surface area contributed by atoms with Crippen molar-refractivity contribution in [3.8, 4) is 0 Å². The summed E-state index contributed by atoms with van der Waals surface area (Å²) in [6.45, 7) is 8.91. The van der Waals surface area contributed by atoms with Crippen molar-refractivity contribution in [3.63, 3.8) is 0 Å². The molecule has 0 radical (unpaired) electrons. The van der Waals surface area contributed by atoms with Crippen LogP contribution in [0.25, 0.3) is 0 Å².